The van der Waals surface area contributed by atoms with Crippen molar-refractivity contribution >= 4 is 11.8 Å². The van der Waals surface area contributed by atoms with E-state index in [0.29, 0.717) is 37.5 Å². The Hall–Kier alpha value is -2.89. The van der Waals surface area contributed by atoms with Crippen LogP contribution in [0.5, 0.6) is 5.75 Å². The molecule has 1 aliphatic heterocycles. The zero-order chi connectivity index (χ0) is 20.4. The second kappa shape index (κ2) is 8.23. The van der Waals surface area contributed by atoms with Crippen LogP contribution in [-0.4, -0.2) is 54.9 Å². The first-order chi connectivity index (χ1) is 14.1. The van der Waals surface area contributed by atoms with E-state index in [9.17, 15) is 14.0 Å². The summed E-state index contributed by atoms with van der Waals surface area (Å²) in [5.41, 5.74) is 1.57. The summed E-state index contributed by atoms with van der Waals surface area (Å²) in [6.45, 7) is 2.32. The van der Waals surface area contributed by atoms with Gasteiger partial charge in [0.1, 0.15) is 11.6 Å². The first-order valence-corrected chi connectivity index (χ1v) is 10.0. The van der Waals surface area contributed by atoms with Gasteiger partial charge in [0.25, 0.3) is 5.91 Å². The van der Waals surface area contributed by atoms with E-state index in [0.717, 1.165) is 18.4 Å². The van der Waals surface area contributed by atoms with Crippen molar-refractivity contribution in [3.05, 3.63) is 65.5 Å². The first kappa shape index (κ1) is 19.4. The van der Waals surface area contributed by atoms with Crippen LogP contribution >= 0.6 is 0 Å². The highest BCUT2D eigenvalue weighted by atomic mass is 19.1. The fraction of sp³-hybridized carbons (Fsp3) is 0.391. The largest absolute Gasteiger partial charge is 0.496 e. The van der Waals surface area contributed by atoms with Gasteiger partial charge in [0.15, 0.2) is 0 Å². The Balaban J connectivity index is 1.37. The molecule has 2 unspecified atom stereocenters. The number of ether oxygens (including phenoxy) is 1. The fourth-order valence-corrected chi connectivity index (χ4v) is 4.11. The predicted molar refractivity (Wildman–Crippen MR) is 107 cm³/mol. The van der Waals surface area contributed by atoms with Crippen LogP contribution in [-0.2, 0) is 4.79 Å². The van der Waals surface area contributed by atoms with Crippen LogP contribution in [0.25, 0.3) is 0 Å². The summed E-state index contributed by atoms with van der Waals surface area (Å²) >= 11 is 0. The van der Waals surface area contributed by atoms with Gasteiger partial charge in [0, 0.05) is 32.1 Å². The molecule has 2 aromatic rings. The van der Waals surface area contributed by atoms with Crippen LogP contribution in [0.4, 0.5) is 4.39 Å². The topological polar surface area (TPSA) is 49.9 Å². The van der Waals surface area contributed by atoms with Crippen molar-refractivity contribution in [3.63, 3.8) is 0 Å². The maximum Gasteiger partial charge on any atom is 0.257 e. The molecule has 0 bridgehead atoms. The molecule has 4 rings (SSSR count). The van der Waals surface area contributed by atoms with Crippen molar-refractivity contribution in [1.82, 2.24) is 9.80 Å². The van der Waals surface area contributed by atoms with Crippen molar-refractivity contribution < 1.29 is 18.7 Å². The molecular weight excluding hydrogens is 371 g/mol. The van der Waals surface area contributed by atoms with Crippen LogP contribution < -0.4 is 4.74 Å². The molecule has 2 aliphatic rings. The highest BCUT2D eigenvalue weighted by molar-refractivity contribution is 5.97. The summed E-state index contributed by atoms with van der Waals surface area (Å²) in [4.78, 5) is 29.6. The Morgan fingerprint density at radius 1 is 0.966 bits per heavy atom. The average Bonchev–Trinajstić information content (AvgIpc) is 3.57. The minimum Gasteiger partial charge on any atom is -0.496 e. The molecule has 0 aromatic heterocycles. The molecule has 2 fully saturated rings. The van der Waals surface area contributed by atoms with Crippen molar-refractivity contribution in [2.45, 2.75) is 18.8 Å². The van der Waals surface area contributed by atoms with Gasteiger partial charge in [-0.05, 0) is 48.6 Å². The number of rotatable bonds is 4. The van der Waals surface area contributed by atoms with Gasteiger partial charge in [0.2, 0.25) is 5.91 Å². The van der Waals surface area contributed by atoms with Gasteiger partial charge < -0.3 is 14.5 Å². The Morgan fingerprint density at radius 3 is 2.41 bits per heavy atom. The number of halogens is 1. The lowest BCUT2D eigenvalue weighted by Crippen LogP contribution is -2.38. The van der Waals surface area contributed by atoms with Gasteiger partial charge in [0.05, 0.1) is 12.7 Å². The van der Waals surface area contributed by atoms with Gasteiger partial charge in [-0.2, -0.15) is 0 Å². The molecule has 6 heteroatoms. The van der Waals surface area contributed by atoms with Gasteiger partial charge in [-0.1, -0.05) is 24.3 Å². The normalized spacial score (nSPS) is 21.4. The smallest absolute Gasteiger partial charge is 0.257 e. The lowest BCUT2D eigenvalue weighted by molar-refractivity contribution is -0.132. The van der Waals surface area contributed by atoms with Crippen molar-refractivity contribution in [1.29, 1.82) is 0 Å². The summed E-state index contributed by atoms with van der Waals surface area (Å²) in [6, 6.07) is 13.6. The molecule has 0 spiro atoms. The highest BCUT2D eigenvalue weighted by Crippen LogP contribution is 2.48. The number of para-hydroxylation sites is 1. The van der Waals surface area contributed by atoms with E-state index in [1.807, 2.05) is 17.0 Å². The van der Waals surface area contributed by atoms with Gasteiger partial charge in [-0.25, -0.2) is 4.39 Å². The fourth-order valence-electron chi connectivity index (χ4n) is 4.11. The molecule has 1 saturated carbocycles. The Bertz CT molecular complexity index is 899. The van der Waals surface area contributed by atoms with E-state index in [2.05, 4.69) is 0 Å². The van der Waals surface area contributed by atoms with E-state index in [-0.39, 0.29) is 29.5 Å². The standard InChI is InChI=1S/C23H25FN2O3/c1-29-21-6-3-2-5-18(21)22(27)25-11-4-12-26(14-13-25)23(28)20-15-19(20)16-7-9-17(24)10-8-16/h2-3,5-10,19-20H,4,11-15H2,1H3. The number of methoxy groups -OCH3 is 1. The number of carbonyl (C=O) groups excluding carboxylic acids is 2. The van der Waals surface area contributed by atoms with E-state index in [1.54, 1.807) is 36.3 Å². The number of nitrogens with zero attached hydrogens (tertiary/aromatic N) is 2. The quantitative estimate of drug-likeness (QED) is 0.797. The molecule has 0 N–H and O–H groups in total. The molecule has 0 radical (unpaired) electrons. The number of hydrogen-bond donors (Lipinski definition) is 0. The molecular formula is C23H25FN2O3. The van der Waals surface area contributed by atoms with Crippen LogP contribution in [0.1, 0.15) is 34.7 Å². The first-order valence-electron chi connectivity index (χ1n) is 10.0. The maximum atomic E-state index is 13.1. The SMILES string of the molecule is COc1ccccc1C(=O)N1CCCN(C(=O)C2CC2c2ccc(F)cc2)CC1. The minimum absolute atomic E-state index is 0.0306. The van der Waals surface area contributed by atoms with E-state index in [1.165, 1.54) is 12.1 Å². The molecule has 152 valence electrons. The Kier molecular flexibility index (Phi) is 5.51. The van der Waals surface area contributed by atoms with Crippen LogP contribution in [0.3, 0.4) is 0 Å². The maximum absolute atomic E-state index is 13.1. The zero-order valence-electron chi connectivity index (χ0n) is 16.5. The molecule has 1 heterocycles. The number of hydrogen-bond acceptors (Lipinski definition) is 3. The summed E-state index contributed by atoms with van der Waals surface area (Å²) in [5, 5.41) is 0. The minimum atomic E-state index is -0.260. The molecule has 2 atom stereocenters. The monoisotopic (exact) mass is 396 g/mol. The molecule has 5 nitrogen and oxygen atoms in total. The second-order valence-corrected chi connectivity index (χ2v) is 7.67. The van der Waals surface area contributed by atoms with E-state index < -0.39 is 0 Å². The summed E-state index contributed by atoms with van der Waals surface area (Å²) in [6.07, 6.45) is 1.56. The third-order valence-corrected chi connectivity index (χ3v) is 5.84. The lowest BCUT2D eigenvalue weighted by atomic mass is 10.1. The van der Waals surface area contributed by atoms with Crippen LogP contribution in [0.15, 0.2) is 48.5 Å². The number of amides is 2. The zero-order valence-corrected chi connectivity index (χ0v) is 16.5. The van der Waals surface area contributed by atoms with E-state index in [4.69, 9.17) is 4.74 Å². The number of benzene rings is 2. The number of carbonyl (C=O) groups is 2. The van der Waals surface area contributed by atoms with Crippen molar-refractivity contribution in [2.75, 3.05) is 33.3 Å². The van der Waals surface area contributed by atoms with Gasteiger partial charge in [-0.15, -0.1) is 0 Å². The molecule has 2 amide bonds. The molecule has 2 aromatic carbocycles. The molecule has 29 heavy (non-hydrogen) atoms. The molecule has 1 aliphatic carbocycles. The van der Waals surface area contributed by atoms with Crippen LogP contribution in [0, 0.1) is 11.7 Å². The predicted octanol–water partition coefficient (Wildman–Crippen LogP) is 3.31. The lowest BCUT2D eigenvalue weighted by Gasteiger charge is -2.23. The van der Waals surface area contributed by atoms with Crippen molar-refractivity contribution in [2.24, 2.45) is 5.92 Å². The third kappa shape index (κ3) is 4.11. The third-order valence-electron chi connectivity index (χ3n) is 5.84. The summed E-state index contributed by atoms with van der Waals surface area (Å²) in [5.74, 6) is 0.535. The van der Waals surface area contributed by atoms with E-state index >= 15 is 0 Å². The van der Waals surface area contributed by atoms with Gasteiger partial charge in [-0.3, -0.25) is 9.59 Å². The average molecular weight is 396 g/mol. The highest BCUT2D eigenvalue weighted by Gasteiger charge is 2.45. The van der Waals surface area contributed by atoms with Crippen molar-refractivity contribution in [3.8, 4) is 5.75 Å². The Morgan fingerprint density at radius 2 is 1.66 bits per heavy atom. The molecule has 1 saturated heterocycles. The van der Waals surface area contributed by atoms with Gasteiger partial charge >= 0.3 is 0 Å². The van der Waals surface area contributed by atoms with Crippen LogP contribution in [0.2, 0.25) is 0 Å². The Labute approximate surface area is 170 Å². The second-order valence-electron chi connectivity index (χ2n) is 7.67. The summed E-state index contributed by atoms with van der Waals surface area (Å²) < 4.78 is 18.4. The summed E-state index contributed by atoms with van der Waals surface area (Å²) in [7, 11) is 1.56.